The summed E-state index contributed by atoms with van der Waals surface area (Å²) in [4.78, 5) is 11.7. The van der Waals surface area contributed by atoms with Crippen molar-refractivity contribution >= 4 is 17.4 Å². The Labute approximate surface area is 106 Å². The largest absolute Gasteiger partial charge is 0.294 e. The number of benzene rings is 1. The Bertz CT molecular complexity index is 432. The van der Waals surface area contributed by atoms with Crippen molar-refractivity contribution < 1.29 is 9.18 Å². The highest BCUT2D eigenvalue weighted by atomic mass is 35.5. The molecule has 1 aromatic carbocycles. The van der Waals surface area contributed by atoms with E-state index in [-0.39, 0.29) is 18.0 Å². The lowest BCUT2D eigenvalue weighted by Crippen LogP contribution is -2.02. The van der Waals surface area contributed by atoms with Crippen LogP contribution in [0.5, 0.6) is 0 Å². The van der Waals surface area contributed by atoms with Crippen LogP contribution in [-0.4, -0.2) is 5.78 Å². The van der Waals surface area contributed by atoms with E-state index in [1.54, 1.807) is 6.08 Å². The van der Waals surface area contributed by atoms with Crippen LogP contribution in [0.2, 0.25) is 5.02 Å². The smallest absolute Gasteiger partial charge is 0.160 e. The maximum atomic E-state index is 13.4. The fourth-order valence-corrected chi connectivity index (χ4v) is 1.79. The van der Waals surface area contributed by atoms with Crippen molar-refractivity contribution in [2.75, 3.05) is 0 Å². The van der Waals surface area contributed by atoms with Crippen LogP contribution in [-0.2, 0) is 11.2 Å². The van der Waals surface area contributed by atoms with Gasteiger partial charge in [0, 0.05) is 11.4 Å². The van der Waals surface area contributed by atoms with Crippen LogP contribution >= 0.6 is 11.6 Å². The number of carbonyl (C=O) groups is 1. The van der Waals surface area contributed by atoms with Crippen molar-refractivity contribution in [3.8, 4) is 0 Å². The van der Waals surface area contributed by atoms with Crippen LogP contribution < -0.4 is 0 Å². The Balaban J connectivity index is 2.81. The molecule has 92 valence electrons. The Morgan fingerprint density at radius 2 is 2.00 bits per heavy atom. The second-order valence-electron chi connectivity index (χ2n) is 3.89. The van der Waals surface area contributed by atoms with Gasteiger partial charge in [-0.1, -0.05) is 31.0 Å². The van der Waals surface area contributed by atoms with Crippen LogP contribution in [0.3, 0.4) is 0 Å². The predicted octanol–water partition coefficient (Wildman–Crippen LogP) is 4.34. The number of hydrogen-bond acceptors (Lipinski definition) is 1. The molecule has 0 aliphatic rings. The molecule has 0 spiro atoms. The van der Waals surface area contributed by atoms with E-state index in [0.29, 0.717) is 10.6 Å². The second-order valence-corrected chi connectivity index (χ2v) is 4.32. The van der Waals surface area contributed by atoms with Gasteiger partial charge in [0.25, 0.3) is 0 Å². The lowest BCUT2D eigenvalue weighted by atomic mass is 10.0. The van der Waals surface area contributed by atoms with Crippen LogP contribution in [0, 0.1) is 5.82 Å². The van der Waals surface area contributed by atoms with E-state index in [4.69, 9.17) is 11.6 Å². The summed E-state index contributed by atoms with van der Waals surface area (Å²) in [5.41, 5.74) is 1.43. The molecule has 0 saturated carbocycles. The molecular weight excluding hydrogens is 239 g/mol. The molecule has 17 heavy (non-hydrogen) atoms. The molecule has 1 aromatic rings. The summed E-state index contributed by atoms with van der Waals surface area (Å²) in [5, 5.41) is 0.449. The van der Waals surface area contributed by atoms with Gasteiger partial charge in [-0.25, -0.2) is 4.39 Å². The first-order chi connectivity index (χ1) is 8.06. The summed E-state index contributed by atoms with van der Waals surface area (Å²) in [5.74, 6) is -0.462. The average molecular weight is 255 g/mol. The van der Waals surface area contributed by atoms with Gasteiger partial charge >= 0.3 is 0 Å². The molecule has 0 atom stereocenters. The van der Waals surface area contributed by atoms with E-state index in [9.17, 15) is 9.18 Å². The van der Waals surface area contributed by atoms with Gasteiger partial charge in [-0.05, 0) is 42.7 Å². The molecule has 0 N–H and O–H groups in total. The number of allylic oxidation sites excluding steroid dienone is 2. The summed E-state index contributed by atoms with van der Waals surface area (Å²) in [6, 6.07) is 4.26. The molecule has 0 heterocycles. The highest BCUT2D eigenvalue weighted by molar-refractivity contribution is 6.30. The Hall–Kier alpha value is -1.15. The molecular formula is C14H16ClFO. The van der Waals surface area contributed by atoms with Gasteiger partial charge in [0.05, 0.1) is 0 Å². The third kappa shape index (κ3) is 4.31. The summed E-state index contributed by atoms with van der Waals surface area (Å²) in [6.07, 6.45) is 3.37. The fraction of sp³-hybridized carbons (Fsp3) is 0.357. The first kappa shape index (κ1) is 13.9. The second kappa shape index (κ2) is 6.55. The normalized spacial score (nSPS) is 10.1. The third-order valence-corrected chi connectivity index (χ3v) is 2.88. The molecule has 0 amide bonds. The zero-order valence-corrected chi connectivity index (χ0v) is 10.9. The first-order valence-corrected chi connectivity index (χ1v) is 6.10. The van der Waals surface area contributed by atoms with Gasteiger partial charge in [-0.3, -0.25) is 4.79 Å². The van der Waals surface area contributed by atoms with Crippen molar-refractivity contribution in [1.29, 1.82) is 0 Å². The highest BCUT2D eigenvalue weighted by Gasteiger charge is 2.07. The number of rotatable bonds is 5. The van der Waals surface area contributed by atoms with Crippen molar-refractivity contribution in [1.82, 2.24) is 0 Å². The summed E-state index contributed by atoms with van der Waals surface area (Å²) in [7, 11) is 0. The molecule has 0 bridgehead atoms. The molecule has 0 fully saturated rings. The molecule has 1 rings (SSSR count). The maximum absolute atomic E-state index is 13.4. The first-order valence-electron chi connectivity index (χ1n) is 5.73. The molecule has 0 aromatic heterocycles. The molecule has 0 unspecified atom stereocenters. The van der Waals surface area contributed by atoms with Gasteiger partial charge in [0.15, 0.2) is 5.78 Å². The maximum Gasteiger partial charge on any atom is 0.160 e. The number of halogens is 2. The van der Waals surface area contributed by atoms with E-state index in [0.717, 1.165) is 18.4 Å². The van der Waals surface area contributed by atoms with Crippen LogP contribution in [0.4, 0.5) is 4.39 Å². The van der Waals surface area contributed by atoms with Crippen molar-refractivity contribution in [3.05, 3.63) is 46.3 Å². The molecule has 0 aliphatic carbocycles. The van der Waals surface area contributed by atoms with Crippen molar-refractivity contribution in [3.63, 3.8) is 0 Å². The van der Waals surface area contributed by atoms with Crippen molar-refractivity contribution in [2.45, 2.75) is 33.1 Å². The summed E-state index contributed by atoms with van der Waals surface area (Å²) >= 11 is 5.77. The van der Waals surface area contributed by atoms with E-state index in [2.05, 4.69) is 0 Å². The minimum Gasteiger partial charge on any atom is -0.294 e. The van der Waals surface area contributed by atoms with E-state index < -0.39 is 0 Å². The molecule has 3 heteroatoms. The average Bonchev–Trinajstić information content (AvgIpc) is 2.31. The zero-order chi connectivity index (χ0) is 12.8. The zero-order valence-electron chi connectivity index (χ0n) is 10.1. The van der Waals surface area contributed by atoms with Crippen LogP contribution in [0.15, 0.2) is 29.8 Å². The third-order valence-electron chi connectivity index (χ3n) is 2.65. The SMILES string of the molecule is CCC(=CC(=O)Cc1cc(Cl)ccc1F)CC. The Kier molecular flexibility index (Phi) is 5.36. The Morgan fingerprint density at radius 3 is 2.59 bits per heavy atom. The lowest BCUT2D eigenvalue weighted by molar-refractivity contribution is -0.114. The van der Waals surface area contributed by atoms with Gasteiger partial charge < -0.3 is 0 Å². The fourth-order valence-electron chi connectivity index (χ4n) is 1.60. The molecule has 0 saturated heterocycles. The van der Waals surface area contributed by atoms with Crippen LogP contribution in [0.25, 0.3) is 0 Å². The summed E-state index contributed by atoms with van der Waals surface area (Å²) in [6.45, 7) is 4.01. The van der Waals surface area contributed by atoms with E-state index in [1.807, 2.05) is 13.8 Å². The van der Waals surface area contributed by atoms with E-state index >= 15 is 0 Å². The number of carbonyl (C=O) groups excluding carboxylic acids is 1. The van der Waals surface area contributed by atoms with E-state index in [1.165, 1.54) is 18.2 Å². The molecule has 0 aliphatic heterocycles. The quantitative estimate of drug-likeness (QED) is 0.715. The minimum absolute atomic E-state index is 0.0654. The number of hydrogen-bond donors (Lipinski definition) is 0. The Morgan fingerprint density at radius 1 is 1.35 bits per heavy atom. The predicted molar refractivity (Wildman–Crippen MR) is 68.8 cm³/mol. The van der Waals surface area contributed by atoms with Gasteiger partial charge in [0.2, 0.25) is 0 Å². The molecule has 1 nitrogen and oxygen atoms in total. The monoisotopic (exact) mass is 254 g/mol. The standard InChI is InChI=1S/C14H16ClFO/c1-3-10(4-2)7-13(17)9-11-8-12(15)5-6-14(11)16/h5-8H,3-4,9H2,1-2H3. The molecule has 0 radical (unpaired) electrons. The minimum atomic E-state index is -0.384. The number of ketones is 1. The lowest BCUT2D eigenvalue weighted by Gasteiger charge is -2.03. The van der Waals surface area contributed by atoms with Crippen molar-refractivity contribution in [2.24, 2.45) is 0 Å². The van der Waals surface area contributed by atoms with Gasteiger partial charge in [0.1, 0.15) is 5.82 Å². The van der Waals surface area contributed by atoms with Gasteiger partial charge in [-0.15, -0.1) is 0 Å². The summed E-state index contributed by atoms with van der Waals surface area (Å²) < 4.78 is 13.4. The van der Waals surface area contributed by atoms with Crippen LogP contribution in [0.1, 0.15) is 32.3 Å². The highest BCUT2D eigenvalue weighted by Crippen LogP contribution is 2.16. The van der Waals surface area contributed by atoms with Gasteiger partial charge in [-0.2, -0.15) is 0 Å². The topological polar surface area (TPSA) is 17.1 Å².